The number of anilines is 2. The first-order valence-electron chi connectivity index (χ1n) is 12.0. The molecule has 1 aliphatic rings. The summed E-state index contributed by atoms with van der Waals surface area (Å²) in [7, 11) is 0. The first-order valence-corrected chi connectivity index (χ1v) is 12.0. The van der Waals surface area contributed by atoms with Crippen LogP contribution < -0.4 is 19.7 Å². The van der Waals surface area contributed by atoms with Gasteiger partial charge in [0.25, 0.3) is 0 Å². The van der Waals surface area contributed by atoms with Gasteiger partial charge in [-0.1, -0.05) is 32.9 Å². The number of ether oxygens (including phenoxy) is 2. The predicted octanol–water partition coefficient (Wildman–Crippen LogP) is 6.17. The normalized spacial score (nSPS) is 15.7. The second-order valence-electron chi connectivity index (χ2n) is 9.72. The molecule has 0 aliphatic carbocycles. The monoisotopic (exact) mass is 472 g/mol. The van der Waals surface area contributed by atoms with E-state index in [0.29, 0.717) is 24.6 Å². The van der Waals surface area contributed by atoms with Crippen LogP contribution in [-0.2, 0) is 15.0 Å². The van der Waals surface area contributed by atoms with Crippen LogP contribution >= 0.6 is 0 Å². The van der Waals surface area contributed by atoms with Gasteiger partial charge in [0.1, 0.15) is 17.2 Å². The predicted molar refractivity (Wildman–Crippen MR) is 138 cm³/mol. The Hall–Kier alpha value is -3.80. The van der Waals surface area contributed by atoms with Crippen molar-refractivity contribution < 1.29 is 19.1 Å². The van der Waals surface area contributed by atoms with Crippen LogP contribution in [-0.4, -0.2) is 25.0 Å². The molecule has 1 N–H and O–H groups in total. The standard InChI is InChI=1S/C29H32N2O4/c1-5-34-24-16-10-23(11-17-24)31-19-20(18-27(31)32)28(33)30-22-8-14-26(15-9-22)35-25-12-6-21(7-13-25)29(2,3)4/h6-17,20H,5,18-19H2,1-4H3,(H,30,33)/t20-/m0/s1. The molecule has 3 aromatic carbocycles. The highest BCUT2D eigenvalue weighted by Gasteiger charge is 2.35. The Labute approximate surface area is 206 Å². The minimum Gasteiger partial charge on any atom is -0.494 e. The number of carbonyl (C=O) groups is 2. The largest absolute Gasteiger partial charge is 0.494 e. The van der Waals surface area contributed by atoms with Gasteiger partial charge in [-0.3, -0.25) is 9.59 Å². The van der Waals surface area contributed by atoms with E-state index in [1.165, 1.54) is 5.56 Å². The Morgan fingerprint density at radius 1 is 0.914 bits per heavy atom. The molecule has 182 valence electrons. The molecule has 1 atom stereocenters. The first kappa shape index (κ1) is 24.3. The van der Waals surface area contributed by atoms with E-state index < -0.39 is 5.92 Å². The summed E-state index contributed by atoms with van der Waals surface area (Å²) in [5, 5.41) is 2.92. The Morgan fingerprint density at radius 3 is 2.06 bits per heavy atom. The summed E-state index contributed by atoms with van der Waals surface area (Å²) >= 11 is 0. The fraction of sp³-hybridized carbons (Fsp3) is 0.310. The molecule has 1 aliphatic heterocycles. The van der Waals surface area contributed by atoms with Crippen LogP contribution in [0, 0.1) is 5.92 Å². The summed E-state index contributed by atoms with van der Waals surface area (Å²) in [4.78, 5) is 27.0. The molecule has 2 amide bonds. The molecule has 6 heteroatoms. The lowest BCUT2D eigenvalue weighted by Crippen LogP contribution is -2.28. The molecule has 4 rings (SSSR count). The van der Waals surface area contributed by atoms with Gasteiger partial charge in [0, 0.05) is 24.3 Å². The van der Waals surface area contributed by atoms with Crippen molar-refractivity contribution in [3.63, 3.8) is 0 Å². The quantitative estimate of drug-likeness (QED) is 0.447. The minimum atomic E-state index is -0.411. The summed E-state index contributed by atoms with van der Waals surface area (Å²) in [6.07, 6.45) is 0.185. The van der Waals surface area contributed by atoms with Gasteiger partial charge in [-0.05, 0) is 78.6 Å². The molecule has 3 aromatic rings. The smallest absolute Gasteiger partial charge is 0.229 e. The Balaban J connectivity index is 1.33. The lowest BCUT2D eigenvalue weighted by molar-refractivity contribution is -0.122. The van der Waals surface area contributed by atoms with E-state index in [4.69, 9.17) is 9.47 Å². The maximum absolute atomic E-state index is 12.8. The van der Waals surface area contributed by atoms with E-state index in [1.807, 2.05) is 55.5 Å². The van der Waals surface area contributed by atoms with Crippen molar-refractivity contribution >= 4 is 23.2 Å². The van der Waals surface area contributed by atoms with Gasteiger partial charge in [-0.2, -0.15) is 0 Å². The lowest BCUT2D eigenvalue weighted by Gasteiger charge is -2.19. The van der Waals surface area contributed by atoms with Gasteiger partial charge in [0.2, 0.25) is 11.8 Å². The maximum atomic E-state index is 12.8. The zero-order valence-electron chi connectivity index (χ0n) is 20.7. The van der Waals surface area contributed by atoms with Gasteiger partial charge in [0.15, 0.2) is 0 Å². The molecular weight excluding hydrogens is 440 g/mol. The van der Waals surface area contributed by atoms with Crippen molar-refractivity contribution in [2.45, 2.75) is 39.5 Å². The van der Waals surface area contributed by atoms with Crippen LogP contribution in [0.25, 0.3) is 0 Å². The van der Waals surface area contributed by atoms with E-state index in [2.05, 4.69) is 38.2 Å². The molecule has 1 heterocycles. The van der Waals surface area contributed by atoms with E-state index >= 15 is 0 Å². The summed E-state index contributed by atoms with van der Waals surface area (Å²) in [5.74, 6) is 1.56. The number of rotatable bonds is 7. The van der Waals surface area contributed by atoms with E-state index in [1.54, 1.807) is 17.0 Å². The molecule has 0 unspecified atom stereocenters. The SMILES string of the molecule is CCOc1ccc(N2C[C@@H](C(=O)Nc3ccc(Oc4ccc(C(C)(C)C)cc4)cc3)CC2=O)cc1. The van der Waals surface area contributed by atoms with E-state index in [9.17, 15) is 9.59 Å². The highest BCUT2D eigenvalue weighted by Crippen LogP contribution is 2.29. The number of amides is 2. The number of benzene rings is 3. The van der Waals surface area contributed by atoms with E-state index in [0.717, 1.165) is 17.2 Å². The zero-order valence-corrected chi connectivity index (χ0v) is 20.7. The molecule has 0 radical (unpaired) electrons. The summed E-state index contributed by atoms with van der Waals surface area (Å²) in [5.41, 5.74) is 2.77. The first-order chi connectivity index (χ1) is 16.7. The summed E-state index contributed by atoms with van der Waals surface area (Å²) in [6, 6.07) is 22.7. The third-order valence-electron chi connectivity index (χ3n) is 6.03. The number of carbonyl (C=O) groups excluding carboxylic acids is 2. The average molecular weight is 473 g/mol. The minimum absolute atomic E-state index is 0.0597. The number of hydrogen-bond donors (Lipinski definition) is 1. The van der Waals surface area contributed by atoms with Crippen LogP contribution in [0.2, 0.25) is 0 Å². The van der Waals surface area contributed by atoms with Crippen LogP contribution in [0.4, 0.5) is 11.4 Å². The Bertz CT molecular complexity index is 1160. The Kier molecular flexibility index (Phi) is 7.10. The molecule has 6 nitrogen and oxygen atoms in total. The van der Waals surface area contributed by atoms with Crippen LogP contribution in [0.5, 0.6) is 17.2 Å². The molecule has 0 saturated carbocycles. The molecule has 1 saturated heterocycles. The molecule has 35 heavy (non-hydrogen) atoms. The number of hydrogen-bond acceptors (Lipinski definition) is 4. The highest BCUT2D eigenvalue weighted by molar-refractivity contribution is 6.03. The van der Waals surface area contributed by atoms with Crippen molar-refractivity contribution in [1.29, 1.82) is 0 Å². The van der Waals surface area contributed by atoms with Crippen molar-refractivity contribution in [2.75, 3.05) is 23.4 Å². The zero-order chi connectivity index (χ0) is 25.0. The van der Waals surface area contributed by atoms with Gasteiger partial charge in [0.05, 0.1) is 12.5 Å². The Morgan fingerprint density at radius 2 is 1.49 bits per heavy atom. The molecular formula is C29H32N2O4. The second kappa shape index (κ2) is 10.2. The van der Waals surface area contributed by atoms with E-state index in [-0.39, 0.29) is 23.7 Å². The van der Waals surface area contributed by atoms with Crippen LogP contribution in [0.3, 0.4) is 0 Å². The van der Waals surface area contributed by atoms with Crippen molar-refractivity contribution in [3.8, 4) is 17.2 Å². The summed E-state index contributed by atoms with van der Waals surface area (Å²) < 4.78 is 11.4. The number of nitrogens with zero attached hydrogens (tertiary/aromatic N) is 1. The summed E-state index contributed by atoms with van der Waals surface area (Å²) in [6.45, 7) is 9.39. The fourth-order valence-corrected chi connectivity index (χ4v) is 4.03. The van der Waals surface area contributed by atoms with Gasteiger partial charge < -0.3 is 19.7 Å². The van der Waals surface area contributed by atoms with Gasteiger partial charge in [-0.25, -0.2) is 0 Å². The molecule has 0 bridgehead atoms. The topological polar surface area (TPSA) is 67.9 Å². The third kappa shape index (κ3) is 6.01. The van der Waals surface area contributed by atoms with Gasteiger partial charge >= 0.3 is 0 Å². The molecule has 0 aromatic heterocycles. The van der Waals surface area contributed by atoms with Crippen molar-refractivity contribution in [1.82, 2.24) is 0 Å². The molecule has 0 spiro atoms. The number of nitrogens with one attached hydrogen (secondary N) is 1. The van der Waals surface area contributed by atoms with Gasteiger partial charge in [-0.15, -0.1) is 0 Å². The highest BCUT2D eigenvalue weighted by atomic mass is 16.5. The molecule has 1 fully saturated rings. The van der Waals surface area contributed by atoms with Crippen molar-refractivity contribution in [2.24, 2.45) is 5.92 Å². The maximum Gasteiger partial charge on any atom is 0.229 e. The second-order valence-corrected chi connectivity index (χ2v) is 9.72. The van der Waals surface area contributed by atoms with Crippen molar-refractivity contribution in [3.05, 3.63) is 78.4 Å². The lowest BCUT2D eigenvalue weighted by atomic mass is 9.87. The van der Waals surface area contributed by atoms with Crippen LogP contribution in [0.15, 0.2) is 72.8 Å². The average Bonchev–Trinajstić information content (AvgIpc) is 3.23. The fourth-order valence-electron chi connectivity index (χ4n) is 4.03. The third-order valence-corrected chi connectivity index (χ3v) is 6.03. The van der Waals surface area contributed by atoms with Crippen LogP contribution in [0.1, 0.15) is 39.7 Å².